The van der Waals surface area contributed by atoms with Crippen molar-refractivity contribution >= 4 is 35.2 Å². The molecule has 7 heteroatoms. The average molecular weight is 293 g/mol. The van der Waals surface area contributed by atoms with Gasteiger partial charge >= 0.3 is 6.09 Å². The molecule has 1 saturated heterocycles. The zero-order chi connectivity index (χ0) is 13.1. The number of carbonyl (C=O) groups excluding carboxylic acids is 1. The number of rotatable bonds is 3. The number of carboxylic acid groups (broad SMARTS) is 1. The molecular formula is C11H14Cl2N2O3. The third-order valence-corrected chi connectivity index (χ3v) is 5.03. The maximum absolute atomic E-state index is 12.0. The molecule has 2 aliphatic carbocycles. The summed E-state index contributed by atoms with van der Waals surface area (Å²) >= 11 is 11.7. The number of amides is 2. The molecule has 100 valence electrons. The molecule has 1 aliphatic heterocycles. The molecule has 2 saturated carbocycles. The first-order valence-electron chi connectivity index (χ1n) is 6.07. The van der Waals surface area contributed by atoms with Crippen LogP contribution in [-0.2, 0) is 4.79 Å². The standard InChI is InChI=1S/C11H14Cl2N2O3/c12-11(13)3-6(11)4-14-9(16)8-2-5-1-7(5)15(8)10(17)18/h5-8H,1-4H2,(H,14,16)(H,17,18)/t5-,6-,7-,8+/m1/s1. The molecule has 5 nitrogen and oxygen atoms in total. The van der Waals surface area contributed by atoms with Crippen LogP contribution in [0.2, 0.25) is 0 Å². The van der Waals surface area contributed by atoms with Crippen molar-refractivity contribution in [2.75, 3.05) is 6.54 Å². The summed E-state index contributed by atoms with van der Waals surface area (Å²) in [6.45, 7) is 0.422. The van der Waals surface area contributed by atoms with E-state index in [2.05, 4.69) is 5.32 Å². The number of likely N-dealkylation sites (tertiary alicyclic amines) is 1. The van der Waals surface area contributed by atoms with E-state index < -0.39 is 16.5 Å². The zero-order valence-corrected chi connectivity index (χ0v) is 11.1. The highest BCUT2D eigenvalue weighted by Crippen LogP contribution is 2.52. The summed E-state index contributed by atoms with van der Waals surface area (Å²) < 4.78 is -0.711. The van der Waals surface area contributed by atoms with Crippen LogP contribution in [0, 0.1) is 11.8 Å². The quantitative estimate of drug-likeness (QED) is 0.774. The molecule has 2 amide bonds. The Morgan fingerprint density at radius 1 is 1.39 bits per heavy atom. The van der Waals surface area contributed by atoms with E-state index in [0.29, 0.717) is 25.3 Å². The van der Waals surface area contributed by atoms with Crippen LogP contribution in [0.4, 0.5) is 4.79 Å². The summed E-state index contributed by atoms with van der Waals surface area (Å²) in [4.78, 5) is 24.4. The third-order valence-electron chi connectivity index (χ3n) is 4.11. The fraction of sp³-hybridized carbons (Fsp3) is 0.818. The Morgan fingerprint density at radius 2 is 2.06 bits per heavy atom. The minimum absolute atomic E-state index is 0.0549. The Bertz CT molecular complexity index is 415. The second kappa shape index (κ2) is 3.90. The highest BCUT2D eigenvalue weighted by atomic mass is 35.5. The summed E-state index contributed by atoms with van der Waals surface area (Å²) in [6.07, 6.45) is 1.20. The Morgan fingerprint density at radius 3 is 2.61 bits per heavy atom. The Labute approximate surface area is 114 Å². The van der Waals surface area contributed by atoms with Crippen LogP contribution < -0.4 is 5.32 Å². The Kier molecular flexibility index (Phi) is 2.68. The number of carbonyl (C=O) groups is 2. The van der Waals surface area contributed by atoms with Gasteiger partial charge in [-0.3, -0.25) is 9.69 Å². The van der Waals surface area contributed by atoms with Crippen molar-refractivity contribution < 1.29 is 14.7 Å². The van der Waals surface area contributed by atoms with Crippen molar-refractivity contribution in [3.05, 3.63) is 0 Å². The highest BCUT2D eigenvalue weighted by molar-refractivity contribution is 6.50. The SMILES string of the molecule is O=C(NC[C@H]1CC1(Cl)Cl)[C@@H]1C[C@H]2C[C@H]2N1C(=O)O. The van der Waals surface area contributed by atoms with Crippen molar-refractivity contribution in [3.8, 4) is 0 Å². The van der Waals surface area contributed by atoms with E-state index in [1.807, 2.05) is 0 Å². The molecule has 3 fully saturated rings. The van der Waals surface area contributed by atoms with E-state index in [0.717, 1.165) is 6.42 Å². The number of nitrogens with zero attached hydrogens (tertiary/aromatic N) is 1. The normalized spacial score (nSPS) is 39.1. The van der Waals surface area contributed by atoms with Gasteiger partial charge in [0, 0.05) is 18.5 Å². The number of hydrogen-bond donors (Lipinski definition) is 2. The summed E-state index contributed by atoms with van der Waals surface area (Å²) in [5, 5.41) is 11.9. The molecule has 0 bridgehead atoms. The second-order valence-corrected chi connectivity index (χ2v) is 6.95. The van der Waals surface area contributed by atoms with Crippen molar-refractivity contribution in [1.82, 2.24) is 10.2 Å². The number of piperidine rings is 1. The lowest BCUT2D eigenvalue weighted by molar-refractivity contribution is -0.125. The van der Waals surface area contributed by atoms with E-state index in [1.165, 1.54) is 4.90 Å². The molecule has 0 unspecified atom stereocenters. The first-order valence-corrected chi connectivity index (χ1v) is 6.82. The number of halogens is 2. The lowest BCUT2D eigenvalue weighted by Crippen LogP contribution is -2.47. The molecule has 0 aromatic carbocycles. The van der Waals surface area contributed by atoms with Gasteiger partial charge in [0.1, 0.15) is 10.4 Å². The first-order chi connectivity index (χ1) is 8.40. The van der Waals surface area contributed by atoms with E-state index >= 15 is 0 Å². The van der Waals surface area contributed by atoms with E-state index in [-0.39, 0.29) is 17.9 Å². The minimum Gasteiger partial charge on any atom is -0.465 e. The molecule has 2 N–H and O–H groups in total. The summed E-state index contributed by atoms with van der Waals surface area (Å²) in [5.41, 5.74) is 0. The van der Waals surface area contributed by atoms with E-state index in [1.54, 1.807) is 0 Å². The monoisotopic (exact) mass is 292 g/mol. The molecule has 1 heterocycles. The fourth-order valence-corrected chi connectivity index (χ4v) is 3.33. The van der Waals surface area contributed by atoms with E-state index in [9.17, 15) is 9.59 Å². The van der Waals surface area contributed by atoms with Gasteiger partial charge in [-0.05, 0) is 25.2 Å². The first kappa shape index (κ1) is 12.4. The third kappa shape index (κ3) is 2.03. The predicted octanol–water partition coefficient (Wildman–Crippen LogP) is 1.44. The van der Waals surface area contributed by atoms with Crippen molar-refractivity contribution in [3.63, 3.8) is 0 Å². The average Bonchev–Trinajstić information content (AvgIpc) is 3.12. The maximum atomic E-state index is 12.0. The molecule has 18 heavy (non-hydrogen) atoms. The fourth-order valence-electron chi connectivity index (χ4n) is 2.80. The van der Waals surface area contributed by atoms with Crippen LogP contribution in [0.5, 0.6) is 0 Å². The van der Waals surface area contributed by atoms with Crippen molar-refractivity contribution in [2.24, 2.45) is 11.8 Å². The van der Waals surface area contributed by atoms with E-state index in [4.69, 9.17) is 28.3 Å². The lowest BCUT2D eigenvalue weighted by atomic mass is 10.1. The van der Waals surface area contributed by atoms with Crippen LogP contribution in [0.25, 0.3) is 0 Å². The predicted molar refractivity (Wildman–Crippen MR) is 65.7 cm³/mol. The minimum atomic E-state index is -1.00. The molecule has 3 rings (SSSR count). The number of alkyl halides is 2. The van der Waals surface area contributed by atoms with Gasteiger partial charge in [0.2, 0.25) is 5.91 Å². The molecule has 0 aromatic rings. The smallest absolute Gasteiger partial charge is 0.408 e. The number of hydrogen-bond acceptors (Lipinski definition) is 2. The van der Waals surface area contributed by atoms with Crippen LogP contribution in [0.15, 0.2) is 0 Å². The van der Waals surface area contributed by atoms with Gasteiger partial charge in [-0.2, -0.15) is 0 Å². The molecule has 0 aromatic heterocycles. The van der Waals surface area contributed by atoms with Gasteiger partial charge in [-0.15, -0.1) is 23.2 Å². The maximum Gasteiger partial charge on any atom is 0.408 e. The van der Waals surface area contributed by atoms with Crippen LogP contribution >= 0.6 is 23.2 Å². The van der Waals surface area contributed by atoms with Gasteiger partial charge < -0.3 is 10.4 Å². The number of nitrogens with one attached hydrogen (secondary N) is 1. The summed E-state index contributed by atoms with van der Waals surface area (Å²) in [6, 6.07) is -0.482. The molecular weight excluding hydrogens is 279 g/mol. The summed E-state index contributed by atoms with van der Waals surface area (Å²) in [5.74, 6) is 0.234. The van der Waals surface area contributed by atoms with Gasteiger partial charge in [0.25, 0.3) is 0 Å². The summed E-state index contributed by atoms with van der Waals surface area (Å²) in [7, 11) is 0. The van der Waals surface area contributed by atoms with Crippen molar-refractivity contribution in [1.29, 1.82) is 0 Å². The lowest BCUT2D eigenvalue weighted by Gasteiger charge is -2.23. The molecule has 0 radical (unpaired) electrons. The van der Waals surface area contributed by atoms with Crippen LogP contribution in [0.1, 0.15) is 19.3 Å². The molecule has 0 spiro atoms. The second-order valence-electron chi connectivity index (χ2n) is 5.41. The zero-order valence-electron chi connectivity index (χ0n) is 9.60. The Hall–Kier alpha value is -0.680. The Balaban J connectivity index is 1.54. The van der Waals surface area contributed by atoms with Crippen molar-refractivity contribution in [2.45, 2.75) is 35.7 Å². The van der Waals surface area contributed by atoms with Gasteiger partial charge in [0.15, 0.2) is 0 Å². The largest absolute Gasteiger partial charge is 0.465 e. The van der Waals surface area contributed by atoms with Gasteiger partial charge in [-0.1, -0.05) is 0 Å². The molecule has 3 aliphatic rings. The number of fused-ring (bicyclic) bond motifs is 1. The van der Waals surface area contributed by atoms with Gasteiger partial charge in [-0.25, -0.2) is 4.79 Å². The highest BCUT2D eigenvalue weighted by Gasteiger charge is 2.57. The van der Waals surface area contributed by atoms with Crippen LogP contribution in [0.3, 0.4) is 0 Å². The topological polar surface area (TPSA) is 69.6 Å². The molecule has 4 atom stereocenters. The van der Waals surface area contributed by atoms with Gasteiger partial charge in [0.05, 0.1) is 0 Å². The van der Waals surface area contributed by atoms with Crippen LogP contribution in [-0.4, -0.2) is 45.0 Å².